The Morgan fingerprint density at radius 2 is 1.67 bits per heavy atom. The zero-order valence-corrected chi connectivity index (χ0v) is 9.41. The SMILES string of the molecule is CCc1ccc(C(=O)C(=O)C(C)C)cc1. The summed E-state index contributed by atoms with van der Waals surface area (Å²) in [7, 11) is 0. The van der Waals surface area contributed by atoms with Crippen LogP contribution < -0.4 is 0 Å². The number of ketones is 2. The Morgan fingerprint density at radius 1 is 1.13 bits per heavy atom. The standard InChI is InChI=1S/C13H16O2/c1-4-10-5-7-11(8-6-10)13(15)12(14)9(2)3/h5-9H,4H2,1-3H3. The second-order valence-electron chi connectivity index (χ2n) is 3.90. The summed E-state index contributed by atoms with van der Waals surface area (Å²) in [5.41, 5.74) is 1.66. The topological polar surface area (TPSA) is 34.1 Å². The Hall–Kier alpha value is -1.44. The average Bonchev–Trinajstić information content (AvgIpc) is 2.27. The molecule has 0 aromatic heterocycles. The van der Waals surface area contributed by atoms with Crippen molar-refractivity contribution in [1.29, 1.82) is 0 Å². The zero-order chi connectivity index (χ0) is 11.4. The van der Waals surface area contributed by atoms with E-state index in [9.17, 15) is 9.59 Å². The quantitative estimate of drug-likeness (QED) is 0.558. The van der Waals surface area contributed by atoms with E-state index >= 15 is 0 Å². The van der Waals surface area contributed by atoms with Gasteiger partial charge in [0.15, 0.2) is 0 Å². The molecule has 2 nitrogen and oxygen atoms in total. The Morgan fingerprint density at radius 3 is 2.07 bits per heavy atom. The van der Waals surface area contributed by atoms with Crippen LogP contribution in [0.15, 0.2) is 24.3 Å². The van der Waals surface area contributed by atoms with Crippen molar-refractivity contribution in [3.8, 4) is 0 Å². The molecule has 0 amide bonds. The molecule has 0 bridgehead atoms. The second kappa shape index (κ2) is 4.87. The molecule has 80 valence electrons. The number of aryl methyl sites for hydroxylation is 1. The third kappa shape index (κ3) is 2.75. The lowest BCUT2D eigenvalue weighted by Crippen LogP contribution is -2.19. The molecule has 0 heterocycles. The molecular formula is C13H16O2. The number of Topliss-reactive ketones (excluding diaryl/α,β-unsaturated/α-hetero) is 2. The van der Waals surface area contributed by atoms with Crippen molar-refractivity contribution in [2.45, 2.75) is 27.2 Å². The third-order valence-corrected chi connectivity index (χ3v) is 2.37. The molecule has 0 spiro atoms. The van der Waals surface area contributed by atoms with E-state index < -0.39 is 0 Å². The first kappa shape index (κ1) is 11.6. The molecule has 0 atom stereocenters. The van der Waals surface area contributed by atoms with Crippen LogP contribution in [0.2, 0.25) is 0 Å². The van der Waals surface area contributed by atoms with Crippen molar-refractivity contribution in [2.75, 3.05) is 0 Å². The van der Waals surface area contributed by atoms with Crippen LogP contribution in [-0.2, 0) is 11.2 Å². The minimum atomic E-state index is -0.382. The van der Waals surface area contributed by atoms with Crippen LogP contribution in [0.4, 0.5) is 0 Å². The largest absolute Gasteiger partial charge is 0.290 e. The van der Waals surface area contributed by atoms with Crippen LogP contribution in [0.3, 0.4) is 0 Å². The van der Waals surface area contributed by atoms with Crippen molar-refractivity contribution < 1.29 is 9.59 Å². The van der Waals surface area contributed by atoms with Gasteiger partial charge in [-0.05, 0) is 12.0 Å². The Labute approximate surface area is 90.3 Å². The van der Waals surface area contributed by atoms with Crippen LogP contribution in [-0.4, -0.2) is 11.6 Å². The maximum atomic E-state index is 11.6. The Bertz CT molecular complexity index is 361. The molecule has 1 rings (SSSR count). The molecule has 15 heavy (non-hydrogen) atoms. The first-order valence-corrected chi connectivity index (χ1v) is 5.23. The summed E-state index contributed by atoms with van der Waals surface area (Å²) in [6.45, 7) is 5.53. The first-order chi connectivity index (χ1) is 7.06. The zero-order valence-electron chi connectivity index (χ0n) is 9.41. The highest BCUT2D eigenvalue weighted by atomic mass is 16.2. The van der Waals surface area contributed by atoms with E-state index in [1.165, 1.54) is 5.56 Å². The van der Waals surface area contributed by atoms with Gasteiger partial charge in [-0.1, -0.05) is 45.0 Å². The molecule has 0 saturated heterocycles. The number of benzene rings is 1. The maximum absolute atomic E-state index is 11.6. The number of hydrogen-bond donors (Lipinski definition) is 0. The van der Waals surface area contributed by atoms with Crippen LogP contribution in [0.25, 0.3) is 0 Å². The smallest absolute Gasteiger partial charge is 0.228 e. The summed E-state index contributed by atoms with van der Waals surface area (Å²) in [6, 6.07) is 7.23. The van der Waals surface area contributed by atoms with E-state index in [1.54, 1.807) is 26.0 Å². The number of hydrogen-bond acceptors (Lipinski definition) is 2. The van der Waals surface area contributed by atoms with Crippen LogP contribution in [0.1, 0.15) is 36.7 Å². The fourth-order valence-corrected chi connectivity index (χ4v) is 1.30. The van der Waals surface area contributed by atoms with Crippen molar-refractivity contribution in [1.82, 2.24) is 0 Å². The molecule has 0 aliphatic carbocycles. The van der Waals surface area contributed by atoms with Crippen molar-refractivity contribution in [3.05, 3.63) is 35.4 Å². The van der Waals surface area contributed by atoms with E-state index in [2.05, 4.69) is 6.92 Å². The number of carbonyl (C=O) groups excluding carboxylic acids is 2. The van der Waals surface area contributed by atoms with Crippen LogP contribution in [0.5, 0.6) is 0 Å². The molecule has 0 unspecified atom stereocenters. The van der Waals surface area contributed by atoms with Gasteiger partial charge in [0, 0.05) is 11.5 Å². The molecule has 0 N–H and O–H groups in total. The summed E-state index contributed by atoms with van der Waals surface area (Å²) < 4.78 is 0. The summed E-state index contributed by atoms with van der Waals surface area (Å²) in [6.07, 6.45) is 0.937. The normalized spacial score (nSPS) is 10.4. The fraction of sp³-hybridized carbons (Fsp3) is 0.385. The fourth-order valence-electron chi connectivity index (χ4n) is 1.30. The highest BCUT2D eigenvalue weighted by Crippen LogP contribution is 2.08. The summed E-state index contributed by atoms with van der Waals surface area (Å²) >= 11 is 0. The predicted octanol–water partition coefficient (Wildman–Crippen LogP) is 2.66. The molecule has 1 aromatic carbocycles. The number of carbonyl (C=O) groups is 2. The van der Waals surface area contributed by atoms with Crippen molar-refractivity contribution >= 4 is 11.6 Å². The minimum absolute atomic E-state index is 0.233. The third-order valence-electron chi connectivity index (χ3n) is 2.37. The van der Waals surface area contributed by atoms with E-state index in [0.29, 0.717) is 5.56 Å². The van der Waals surface area contributed by atoms with Crippen LogP contribution in [0, 0.1) is 5.92 Å². The van der Waals surface area contributed by atoms with Crippen molar-refractivity contribution in [3.63, 3.8) is 0 Å². The number of rotatable bonds is 4. The molecule has 0 fully saturated rings. The van der Waals surface area contributed by atoms with Gasteiger partial charge in [0.25, 0.3) is 0 Å². The molecule has 0 aliphatic rings. The van der Waals surface area contributed by atoms with E-state index in [0.717, 1.165) is 6.42 Å². The summed E-state index contributed by atoms with van der Waals surface area (Å²) in [5.74, 6) is -0.935. The summed E-state index contributed by atoms with van der Waals surface area (Å²) in [5, 5.41) is 0. The molecule has 0 radical (unpaired) electrons. The van der Waals surface area contributed by atoms with Gasteiger partial charge in [-0.15, -0.1) is 0 Å². The lowest BCUT2D eigenvalue weighted by Gasteiger charge is -2.03. The van der Waals surface area contributed by atoms with Gasteiger partial charge in [0.1, 0.15) is 0 Å². The minimum Gasteiger partial charge on any atom is -0.290 e. The van der Waals surface area contributed by atoms with E-state index in [-0.39, 0.29) is 17.5 Å². The molecule has 1 aromatic rings. The Balaban J connectivity index is 2.88. The van der Waals surface area contributed by atoms with Gasteiger partial charge >= 0.3 is 0 Å². The first-order valence-electron chi connectivity index (χ1n) is 5.23. The second-order valence-corrected chi connectivity index (χ2v) is 3.90. The van der Waals surface area contributed by atoms with E-state index in [4.69, 9.17) is 0 Å². The highest BCUT2D eigenvalue weighted by molar-refractivity contribution is 6.44. The Kier molecular flexibility index (Phi) is 3.78. The molecule has 0 aliphatic heterocycles. The maximum Gasteiger partial charge on any atom is 0.228 e. The molecular weight excluding hydrogens is 188 g/mol. The van der Waals surface area contributed by atoms with Gasteiger partial charge in [-0.2, -0.15) is 0 Å². The van der Waals surface area contributed by atoms with Gasteiger partial charge < -0.3 is 0 Å². The van der Waals surface area contributed by atoms with Gasteiger partial charge in [0.05, 0.1) is 0 Å². The monoisotopic (exact) mass is 204 g/mol. The summed E-state index contributed by atoms with van der Waals surface area (Å²) in [4.78, 5) is 23.1. The predicted molar refractivity (Wildman–Crippen MR) is 60.0 cm³/mol. The average molecular weight is 204 g/mol. The van der Waals surface area contributed by atoms with Crippen LogP contribution >= 0.6 is 0 Å². The van der Waals surface area contributed by atoms with Gasteiger partial charge in [-0.3, -0.25) is 9.59 Å². The lowest BCUT2D eigenvalue weighted by molar-refractivity contribution is -0.117. The molecule has 0 saturated carbocycles. The lowest BCUT2D eigenvalue weighted by atomic mass is 9.98. The van der Waals surface area contributed by atoms with Gasteiger partial charge in [0.2, 0.25) is 11.6 Å². The molecule has 2 heteroatoms. The van der Waals surface area contributed by atoms with E-state index in [1.807, 2.05) is 12.1 Å². The highest BCUT2D eigenvalue weighted by Gasteiger charge is 2.18. The van der Waals surface area contributed by atoms with Gasteiger partial charge in [-0.25, -0.2) is 0 Å². The van der Waals surface area contributed by atoms with Crippen molar-refractivity contribution in [2.24, 2.45) is 5.92 Å².